The number of aromatic nitrogens is 4. The van der Waals surface area contributed by atoms with Crippen molar-refractivity contribution in [3.8, 4) is 0 Å². The zero-order chi connectivity index (χ0) is 22.1. The molecule has 0 aliphatic carbocycles. The van der Waals surface area contributed by atoms with Crippen molar-refractivity contribution >= 4 is 17.1 Å². The van der Waals surface area contributed by atoms with Gasteiger partial charge < -0.3 is 20.3 Å². The van der Waals surface area contributed by atoms with Crippen LogP contribution in [0.5, 0.6) is 0 Å². The van der Waals surface area contributed by atoms with Crippen LogP contribution in [0.4, 0.5) is 5.95 Å². The van der Waals surface area contributed by atoms with Gasteiger partial charge in [-0.1, -0.05) is 64.7 Å². The number of anilines is 1. The zero-order valence-electron chi connectivity index (χ0n) is 18.6. The lowest BCUT2D eigenvalue weighted by Crippen LogP contribution is -2.24. The SMILES string of the molecule is CCCCCCCCCCCCNc1nc2c(ncn2C2C[C@H](O)[C@@H](CO)O2)c(=O)[nH]1. The molecule has 31 heavy (non-hydrogen) atoms. The molecular weight excluding hydrogens is 398 g/mol. The summed E-state index contributed by atoms with van der Waals surface area (Å²) in [5, 5.41) is 22.5. The van der Waals surface area contributed by atoms with E-state index in [-0.39, 0.29) is 17.7 Å². The van der Waals surface area contributed by atoms with Gasteiger partial charge in [-0.25, -0.2) is 4.98 Å². The Hall–Kier alpha value is -1.97. The van der Waals surface area contributed by atoms with Crippen molar-refractivity contribution < 1.29 is 14.9 Å². The van der Waals surface area contributed by atoms with Crippen molar-refractivity contribution in [2.45, 2.75) is 96.0 Å². The number of unbranched alkanes of at least 4 members (excludes halogenated alkanes) is 9. The number of aliphatic hydroxyl groups excluding tert-OH is 2. The van der Waals surface area contributed by atoms with Crippen LogP contribution in [0.25, 0.3) is 11.2 Å². The summed E-state index contributed by atoms with van der Waals surface area (Å²) in [7, 11) is 0. The number of ether oxygens (including phenoxy) is 1. The first-order valence-corrected chi connectivity index (χ1v) is 11.8. The number of hydrogen-bond acceptors (Lipinski definition) is 7. The molecule has 1 aliphatic rings. The van der Waals surface area contributed by atoms with E-state index < -0.39 is 18.4 Å². The lowest BCUT2D eigenvalue weighted by molar-refractivity contribution is -0.0432. The van der Waals surface area contributed by atoms with Crippen LogP contribution < -0.4 is 10.9 Å². The minimum Gasteiger partial charge on any atom is -0.394 e. The molecule has 1 unspecified atom stereocenters. The predicted molar refractivity (Wildman–Crippen MR) is 120 cm³/mol. The third kappa shape index (κ3) is 6.51. The fourth-order valence-electron chi connectivity index (χ4n) is 4.09. The van der Waals surface area contributed by atoms with E-state index in [1.165, 1.54) is 57.7 Å². The highest BCUT2D eigenvalue weighted by atomic mass is 16.5. The average molecular weight is 436 g/mol. The summed E-state index contributed by atoms with van der Waals surface area (Å²) in [5.74, 6) is 0.410. The maximum absolute atomic E-state index is 12.4. The molecule has 0 radical (unpaired) electrons. The van der Waals surface area contributed by atoms with Crippen LogP contribution in [0, 0.1) is 0 Å². The lowest BCUT2D eigenvalue weighted by Gasteiger charge is -2.14. The van der Waals surface area contributed by atoms with E-state index >= 15 is 0 Å². The van der Waals surface area contributed by atoms with Crippen LogP contribution in [0.3, 0.4) is 0 Å². The molecule has 9 nitrogen and oxygen atoms in total. The number of H-pyrrole nitrogens is 1. The normalized spacial score (nSPS) is 21.2. The van der Waals surface area contributed by atoms with Crippen LogP contribution in [0.1, 0.15) is 83.8 Å². The quantitative estimate of drug-likeness (QED) is 0.336. The van der Waals surface area contributed by atoms with Gasteiger partial charge in [0.05, 0.1) is 19.0 Å². The average Bonchev–Trinajstić information content (AvgIpc) is 3.35. The second-order valence-electron chi connectivity index (χ2n) is 8.46. The van der Waals surface area contributed by atoms with Gasteiger partial charge in [0, 0.05) is 13.0 Å². The van der Waals surface area contributed by atoms with Crippen molar-refractivity contribution in [1.82, 2.24) is 19.5 Å². The van der Waals surface area contributed by atoms with E-state index in [4.69, 9.17) is 4.74 Å². The van der Waals surface area contributed by atoms with Crippen molar-refractivity contribution in [2.24, 2.45) is 0 Å². The monoisotopic (exact) mass is 435 g/mol. The number of fused-ring (bicyclic) bond motifs is 1. The molecule has 9 heteroatoms. The number of hydrogen-bond donors (Lipinski definition) is 4. The molecule has 0 saturated carbocycles. The number of aromatic amines is 1. The Labute approximate surface area is 183 Å². The summed E-state index contributed by atoms with van der Waals surface area (Å²) in [6, 6.07) is 0. The number of rotatable bonds is 14. The van der Waals surface area contributed by atoms with Crippen LogP contribution >= 0.6 is 0 Å². The molecule has 0 aromatic carbocycles. The molecule has 1 saturated heterocycles. The largest absolute Gasteiger partial charge is 0.394 e. The molecule has 1 fully saturated rings. The van der Waals surface area contributed by atoms with Crippen LogP contribution in [0.2, 0.25) is 0 Å². The van der Waals surface area contributed by atoms with Crippen LogP contribution in [-0.4, -0.2) is 55.1 Å². The summed E-state index contributed by atoms with van der Waals surface area (Å²) >= 11 is 0. The van der Waals surface area contributed by atoms with Gasteiger partial charge in [-0.15, -0.1) is 0 Å². The van der Waals surface area contributed by atoms with Gasteiger partial charge in [0.25, 0.3) is 5.56 Å². The highest BCUT2D eigenvalue weighted by Crippen LogP contribution is 2.30. The van der Waals surface area contributed by atoms with Crippen molar-refractivity contribution in [3.05, 3.63) is 16.7 Å². The first-order chi connectivity index (χ1) is 15.1. The molecule has 3 atom stereocenters. The molecule has 0 amide bonds. The Balaban J connectivity index is 1.45. The predicted octanol–water partition coefficient (Wildman–Crippen LogP) is 3.09. The van der Waals surface area contributed by atoms with Crippen molar-refractivity contribution in [3.63, 3.8) is 0 Å². The standard InChI is InChI=1S/C22H37N5O4/c1-2-3-4-5-6-7-8-9-10-11-12-23-22-25-20-19(21(30)26-22)24-15-27(20)18-13-16(29)17(14-28)31-18/h15-18,28-29H,2-14H2,1H3,(H2,23,25,26,30)/t16-,17+,18?/m0/s1. The Kier molecular flexibility index (Phi) is 9.30. The van der Waals surface area contributed by atoms with E-state index in [2.05, 4.69) is 27.2 Å². The molecule has 1 aliphatic heterocycles. The molecule has 0 bridgehead atoms. The van der Waals surface area contributed by atoms with Gasteiger partial charge in [0.1, 0.15) is 12.3 Å². The first kappa shape index (κ1) is 23.7. The summed E-state index contributed by atoms with van der Waals surface area (Å²) in [6.07, 6.45) is 12.6. The smallest absolute Gasteiger partial charge is 0.280 e. The maximum atomic E-state index is 12.4. The van der Waals surface area contributed by atoms with Crippen molar-refractivity contribution in [1.29, 1.82) is 0 Å². The Morgan fingerprint density at radius 1 is 1.16 bits per heavy atom. The number of aliphatic hydroxyl groups is 2. The van der Waals surface area contributed by atoms with E-state index in [1.807, 2.05) is 0 Å². The highest BCUT2D eigenvalue weighted by molar-refractivity contribution is 5.70. The van der Waals surface area contributed by atoms with Gasteiger partial charge in [-0.3, -0.25) is 14.3 Å². The summed E-state index contributed by atoms with van der Waals surface area (Å²) in [6.45, 7) is 2.72. The van der Waals surface area contributed by atoms with E-state index in [1.54, 1.807) is 4.57 Å². The molecular formula is C22H37N5O4. The van der Waals surface area contributed by atoms with Gasteiger partial charge in [0.2, 0.25) is 5.95 Å². The highest BCUT2D eigenvalue weighted by Gasteiger charge is 2.35. The van der Waals surface area contributed by atoms with E-state index in [0.717, 1.165) is 19.4 Å². The molecule has 3 rings (SSSR count). The van der Waals surface area contributed by atoms with Gasteiger partial charge >= 0.3 is 0 Å². The Morgan fingerprint density at radius 3 is 2.48 bits per heavy atom. The summed E-state index contributed by atoms with van der Waals surface area (Å²) in [4.78, 5) is 23.8. The van der Waals surface area contributed by atoms with Crippen molar-refractivity contribution in [2.75, 3.05) is 18.5 Å². The van der Waals surface area contributed by atoms with E-state index in [9.17, 15) is 15.0 Å². The fourth-order valence-corrected chi connectivity index (χ4v) is 4.09. The molecule has 2 aromatic heterocycles. The number of imidazole rings is 1. The van der Waals surface area contributed by atoms with Gasteiger partial charge in [-0.2, -0.15) is 4.98 Å². The lowest BCUT2D eigenvalue weighted by atomic mass is 10.1. The van der Waals surface area contributed by atoms with Gasteiger partial charge in [0.15, 0.2) is 11.2 Å². The number of nitrogens with one attached hydrogen (secondary N) is 2. The molecule has 3 heterocycles. The van der Waals surface area contributed by atoms with E-state index in [0.29, 0.717) is 18.0 Å². The first-order valence-electron chi connectivity index (χ1n) is 11.8. The summed E-state index contributed by atoms with van der Waals surface area (Å²) < 4.78 is 7.33. The maximum Gasteiger partial charge on any atom is 0.280 e. The van der Waals surface area contributed by atoms with Crippen LogP contribution in [0.15, 0.2) is 11.1 Å². The minimum absolute atomic E-state index is 0.232. The Morgan fingerprint density at radius 2 is 1.84 bits per heavy atom. The fraction of sp³-hybridized carbons (Fsp3) is 0.773. The Bertz CT molecular complexity index is 852. The topological polar surface area (TPSA) is 125 Å². The molecule has 0 spiro atoms. The summed E-state index contributed by atoms with van der Waals surface area (Å²) in [5.41, 5.74) is 0.326. The number of nitrogens with zero attached hydrogens (tertiary/aromatic N) is 3. The third-order valence-electron chi connectivity index (χ3n) is 5.95. The third-order valence-corrected chi connectivity index (χ3v) is 5.95. The van der Waals surface area contributed by atoms with Gasteiger partial charge in [-0.05, 0) is 6.42 Å². The molecule has 174 valence electrons. The second-order valence-corrected chi connectivity index (χ2v) is 8.46. The minimum atomic E-state index is -0.761. The second kappa shape index (κ2) is 12.2. The zero-order valence-corrected chi connectivity index (χ0v) is 18.6. The van der Waals surface area contributed by atoms with Crippen LogP contribution in [-0.2, 0) is 4.74 Å². The molecule has 2 aromatic rings. The molecule has 4 N–H and O–H groups in total.